The average molecular weight is 537 g/mol. The lowest BCUT2D eigenvalue weighted by Gasteiger charge is -2.29. The molecule has 2 saturated heterocycles. The normalized spacial score (nSPS) is 21.6. The number of morpholine rings is 1. The van der Waals surface area contributed by atoms with Crippen LogP contribution in [0.25, 0.3) is 0 Å². The highest BCUT2D eigenvalue weighted by molar-refractivity contribution is 14.0. The number of likely N-dealkylation sites (tertiary alicyclic amines) is 1. The van der Waals surface area contributed by atoms with Crippen molar-refractivity contribution in [3.05, 3.63) is 29.3 Å². The van der Waals surface area contributed by atoms with Gasteiger partial charge in [-0.15, -0.1) is 24.0 Å². The maximum atomic E-state index is 6.19. The van der Waals surface area contributed by atoms with E-state index in [0.717, 1.165) is 58.4 Å². The summed E-state index contributed by atoms with van der Waals surface area (Å²) in [4.78, 5) is 9.75. The van der Waals surface area contributed by atoms with Gasteiger partial charge in [-0.1, -0.05) is 23.7 Å². The molecule has 2 unspecified atom stereocenters. The van der Waals surface area contributed by atoms with E-state index < -0.39 is 0 Å². The largest absolute Gasteiger partial charge is 0.487 e. The minimum atomic E-state index is -0.0414. The lowest BCUT2D eigenvalue weighted by Crippen LogP contribution is -2.42. The molecule has 1 N–H and O–H groups in total. The van der Waals surface area contributed by atoms with Crippen LogP contribution < -0.4 is 10.1 Å². The quantitative estimate of drug-likeness (QED) is 0.329. The zero-order chi connectivity index (χ0) is 19.8. The topological polar surface area (TPSA) is 49.3 Å². The molecule has 0 aliphatic carbocycles. The van der Waals surface area contributed by atoms with Gasteiger partial charge in [-0.05, 0) is 38.3 Å². The van der Waals surface area contributed by atoms with E-state index >= 15 is 0 Å². The maximum Gasteiger partial charge on any atom is 0.194 e. The van der Waals surface area contributed by atoms with E-state index in [2.05, 4.69) is 22.0 Å². The van der Waals surface area contributed by atoms with Gasteiger partial charge >= 0.3 is 0 Å². The number of guanidine groups is 1. The smallest absolute Gasteiger partial charge is 0.194 e. The lowest BCUT2D eigenvalue weighted by atomic mass is 10.1. The fourth-order valence-electron chi connectivity index (χ4n) is 3.76. The zero-order valence-electron chi connectivity index (χ0n) is 17.5. The number of ether oxygens (including phenoxy) is 2. The van der Waals surface area contributed by atoms with Gasteiger partial charge in [-0.25, -0.2) is 4.99 Å². The fraction of sp³-hybridized carbons (Fsp3) is 0.667. The van der Waals surface area contributed by atoms with Crippen LogP contribution in [0.1, 0.15) is 20.3 Å². The molecule has 1 aromatic carbocycles. The summed E-state index contributed by atoms with van der Waals surface area (Å²) in [6, 6.07) is 7.57. The third-order valence-electron chi connectivity index (χ3n) is 5.20. The molecule has 0 aromatic heterocycles. The molecule has 3 rings (SSSR count). The van der Waals surface area contributed by atoms with Crippen molar-refractivity contribution < 1.29 is 9.47 Å². The highest BCUT2D eigenvalue weighted by atomic mass is 127. The molecule has 29 heavy (non-hydrogen) atoms. The number of para-hydroxylation sites is 1. The van der Waals surface area contributed by atoms with Crippen molar-refractivity contribution in [2.24, 2.45) is 10.9 Å². The molecule has 0 spiro atoms. The van der Waals surface area contributed by atoms with Crippen LogP contribution in [-0.2, 0) is 4.74 Å². The van der Waals surface area contributed by atoms with E-state index in [1.54, 1.807) is 0 Å². The Balaban J connectivity index is 0.00000300. The van der Waals surface area contributed by atoms with E-state index in [9.17, 15) is 0 Å². The summed E-state index contributed by atoms with van der Waals surface area (Å²) < 4.78 is 11.4. The molecule has 6 nitrogen and oxygen atoms in total. The maximum absolute atomic E-state index is 6.19. The first kappa shape index (κ1) is 24.5. The first-order valence-electron chi connectivity index (χ1n) is 10.4. The molecule has 2 heterocycles. The van der Waals surface area contributed by atoms with Crippen molar-refractivity contribution in [2.75, 3.05) is 59.0 Å². The van der Waals surface area contributed by atoms with Gasteiger partial charge < -0.3 is 19.7 Å². The van der Waals surface area contributed by atoms with E-state index in [1.807, 2.05) is 31.2 Å². The second-order valence-electron chi connectivity index (χ2n) is 7.57. The van der Waals surface area contributed by atoms with E-state index in [0.29, 0.717) is 23.2 Å². The average Bonchev–Trinajstić information content (AvgIpc) is 3.16. The molecular formula is C21H34ClIN4O2. The number of rotatable bonds is 7. The van der Waals surface area contributed by atoms with E-state index in [-0.39, 0.29) is 30.1 Å². The highest BCUT2D eigenvalue weighted by Gasteiger charge is 2.27. The van der Waals surface area contributed by atoms with Crippen molar-refractivity contribution in [1.29, 1.82) is 0 Å². The lowest BCUT2D eigenvalue weighted by molar-refractivity contribution is 0.0315. The van der Waals surface area contributed by atoms with Crippen molar-refractivity contribution in [2.45, 2.75) is 26.4 Å². The number of nitrogens with one attached hydrogen (secondary N) is 1. The van der Waals surface area contributed by atoms with Crippen LogP contribution in [0.15, 0.2) is 29.3 Å². The minimum absolute atomic E-state index is 0. The van der Waals surface area contributed by atoms with Crippen LogP contribution in [-0.4, -0.2) is 80.9 Å². The van der Waals surface area contributed by atoms with Gasteiger partial charge in [-0.3, -0.25) is 4.90 Å². The molecule has 164 valence electrons. The zero-order valence-corrected chi connectivity index (χ0v) is 20.6. The van der Waals surface area contributed by atoms with Crippen molar-refractivity contribution in [1.82, 2.24) is 15.1 Å². The van der Waals surface area contributed by atoms with E-state index in [1.165, 1.54) is 6.42 Å². The van der Waals surface area contributed by atoms with Gasteiger partial charge in [0.25, 0.3) is 0 Å². The van der Waals surface area contributed by atoms with E-state index in [4.69, 9.17) is 26.1 Å². The Morgan fingerprint density at radius 2 is 2.07 bits per heavy atom. The predicted octanol–water partition coefficient (Wildman–Crippen LogP) is 3.34. The summed E-state index contributed by atoms with van der Waals surface area (Å²) in [6.45, 7) is 12.7. The SMILES string of the molecule is CCNC(=NCC(C)Oc1ccccc1Cl)N1CCC(CN2CCOCC2)C1.I. The second kappa shape index (κ2) is 12.8. The number of halogens is 2. The third kappa shape index (κ3) is 7.77. The molecule has 0 saturated carbocycles. The predicted molar refractivity (Wildman–Crippen MR) is 130 cm³/mol. The fourth-order valence-corrected chi connectivity index (χ4v) is 3.94. The summed E-state index contributed by atoms with van der Waals surface area (Å²) >= 11 is 6.19. The van der Waals surface area contributed by atoms with Gasteiger partial charge in [0, 0.05) is 39.3 Å². The highest BCUT2D eigenvalue weighted by Crippen LogP contribution is 2.24. The summed E-state index contributed by atoms with van der Waals surface area (Å²) in [7, 11) is 0. The molecule has 0 amide bonds. The first-order valence-corrected chi connectivity index (χ1v) is 10.8. The number of benzene rings is 1. The Hall–Kier alpha value is -0.770. The standard InChI is InChI=1S/C21H33ClN4O2.HI/c1-3-23-21(24-14-17(2)28-20-7-5-4-6-19(20)22)26-9-8-18(16-26)15-25-10-12-27-13-11-25;/h4-7,17-18H,3,8-16H2,1-2H3,(H,23,24);1H. The van der Waals surface area contributed by atoms with Gasteiger partial charge in [0.15, 0.2) is 5.96 Å². The Labute approximate surface area is 197 Å². The van der Waals surface area contributed by atoms with Gasteiger partial charge in [0.05, 0.1) is 24.8 Å². The first-order chi connectivity index (χ1) is 13.7. The van der Waals surface area contributed by atoms with Crippen LogP contribution in [0, 0.1) is 5.92 Å². The molecule has 2 aliphatic rings. The molecule has 1 aromatic rings. The third-order valence-corrected chi connectivity index (χ3v) is 5.52. The van der Waals surface area contributed by atoms with Crippen LogP contribution in [0.2, 0.25) is 5.02 Å². The monoisotopic (exact) mass is 536 g/mol. The summed E-state index contributed by atoms with van der Waals surface area (Å²) in [5, 5.41) is 4.07. The molecule has 2 aliphatic heterocycles. The van der Waals surface area contributed by atoms with Crippen molar-refractivity contribution in [3.8, 4) is 5.75 Å². The van der Waals surface area contributed by atoms with Crippen LogP contribution >= 0.6 is 35.6 Å². The summed E-state index contributed by atoms with van der Waals surface area (Å²) in [5.41, 5.74) is 0. The van der Waals surface area contributed by atoms with Gasteiger partial charge in [-0.2, -0.15) is 0 Å². The Morgan fingerprint density at radius 3 is 2.79 bits per heavy atom. The molecule has 2 atom stereocenters. The molecule has 2 fully saturated rings. The molecule has 0 radical (unpaired) electrons. The Bertz CT molecular complexity index is 643. The van der Waals surface area contributed by atoms with Crippen molar-refractivity contribution in [3.63, 3.8) is 0 Å². The van der Waals surface area contributed by atoms with Crippen LogP contribution in [0.5, 0.6) is 5.75 Å². The van der Waals surface area contributed by atoms with Gasteiger partial charge in [0.2, 0.25) is 0 Å². The molecular weight excluding hydrogens is 503 g/mol. The Morgan fingerprint density at radius 1 is 1.31 bits per heavy atom. The Kier molecular flexibility index (Phi) is 10.8. The van der Waals surface area contributed by atoms with Crippen LogP contribution in [0.4, 0.5) is 0 Å². The molecule has 8 heteroatoms. The van der Waals surface area contributed by atoms with Crippen LogP contribution in [0.3, 0.4) is 0 Å². The second-order valence-corrected chi connectivity index (χ2v) is 7.97. The number of hydrogen-bond acceptors (Lipinski definition) is 4. The van der Waals surface area contributed by atoms with Crippen molar-refractivity contribution >= 4 is 41.5 Å². The summed E-state index contributed by atoms with van der Waals surface area (Å²) in [6.07, 6.45) is 1.17. The van der Waals surface area contributed by atoms with Gasteiger partial charge in [0.1, 0.15) is 11.9 Å². The summed E-state index contributed by atoms with van der Waals surface area (Å²) in [5.74, 6) is 2.39. The molecule has 0 bridgehead atoms. The number of hydrogen-bond donors (Lipinski definition) is 1. The number of nitrogens with zero attached hydrogens (tertiary/aromatic N) is 3. The number of aliphatic imine (C=N–C) groups is 1. The minimum Gasteiger partial charge on any atom is -0.487 e.